The van der Waals surface area contributed by atoms with Crippen LogP contribution in [0.25, 0.3) is 0 Å². The van der Waals surface area contributed by atoms with Crippen LogP contribution in [0.5, 0.6) is 5.75 Å². The number of carbonyl (C=O) groups is 1. The number of aromatic carboxylic acids is 1. The van der Waals surface area contributed by atoms with Gasteiger partial charge < -0.3 is 14.4 Å². The fraction of sp³-hybridized carbons (Fsp3) is 0.182. The molecule has 0 saturated heterocycles. The van der Waals surface area contributed by atoms with Gasteiger partial charge in [-0.3, -0.25) is 0 Å². The highest BCUT2D eigenvalue weighted by atomic mass is 32.2. The van der Waals surface area contributed by atoms with Crippen molar-refractivity contribution in [3.63, 3.8) is 0 Å². The van der Waals surface area contributed by atoms with Crippen LogP contribution in [0.4, 0.5) is 0 Å². The Bertz CT molecular complexity index is 783. The molecular formula is C11H11N3O6S. The van der Waals surface area contributed by atoms with Gasteiger partial charge in [-0.05, 0) is 25.1 Å². The van der Waals surface area contributed by atoms with Crippen molar-refractivity contribution in [1.82, 2.24) is 10.1 Å². The van der Waals surface area contributed by atoms with Gasteiger partial charge in [0.15, 0.2) is 12.4 Å². The molecule has 0 unspecified atom stereocenters. The number of hydrogen-bond acceptors (Lipinski definition) is 7. The minimum absolute atomic E-state index is 0.0363. The van der Waals surface area contributed by atoms with Crippen LogP contribution >= 0.6 is 0 Å². The summed E-state index contributed by atoms with van der Waals surface area (Å²) in [6.45, 7) is 1.48. The van der Waals surface area contributed by atoms with Gasteiger partial charge in [0.05, 0.1) is 4.90 Å². The summed E-state index contributed by atoms with van der Waals surface area (Å²) in [6.07, 6.45) is 0. The normalized spacial score (nSPS) is 11.3. The number of hydrogen-bond donors (Lipinski definition) is 2. The van der Waals surface area contributed by atoms with Crippen LogP contribution in [0.1, 0.15) is 22.1 Å². The number of carboxylic acids is 1. The molecule has 2 aromatic rings. The molecule has 0 radical (unpaired) electrons. The van der Waals surface area contributed by atoms with Crippen molar-refractivity contribution < 1.29 is 27.6 Å². The molecule has 9 nitrogen and oxygen atoms in total. The van der Waals surface area contributed by atoms with Crippen LogP contribution in [0.2, 0.25) is 0 Å². The first kappa shape index (κ1) is 14.9. The number of carboxylic acid groups (broad SMARTS) is 1. The van der Waals surface area contributed by atoms with E-state index in [4.69, 9.17) is 19.5 Å². The third-order valence-electron chi connectivity index (χ3n) is 2.43. The smallest absolute Gasteiger partial charge is 0.339 e. The molecule has 2 rings (SSSR count). The number of primary sulfonamides is 1. The molecule has 0 aliphatic rings. The van der Waals surface area contributed by atoms with Gasteiger partial charge in [0.25, 0.3) is 5.89 Å². The first-order valence-corrected chi connectivity index (χ1v) is 7.14. The van der Waals surface area contributed by atoms with Crippen LogP contribution < -0.4 is 9.88 Å². The molecule has 0 aliphatic carbocycles. The average Bonchev–Trinajstić information content (AvgIpc) is 2.80. The van der Waals surface area contributed by atoms with Crippen molar-refractivity contribution in [2.75, 3.05) is 0 Å². The largest absolute Gasteiger partial charge is 0.483 e. The van der Waals surface area contributed by atoms with Crippen molar-refractivity contribution in [3.05, 3.63) is 35.5 Å². The Labute approximate surface area is 119 Å². The second kappa shape index (κ2) is 5.50. The van der Waals surface area contributed by atoms with Gasteiger partial charge in [0.2, 0.25) is 10.0 Å². The van der Waals surface area contributed by atoms with Crippen molar-refractivity contribution >= 4 is 16.0 Å². The van der Waals surface area contributed by atoms with Crippen LogP contribution in [-0.2, 0) is 16.6 Å². The van der Waals surface area contributed by atoms with E-state index in [-0.39, 0.29) is 28.7 Å². The molecule has 0 fully saturated rings. The van der Waals surface area contributed by atoms with Gasteiger partial charge in [-0.2, -0.15) is 4.98 Å². The van der Waals surface area contributed by atoms with E-state index in [1.54, 1.807) is 6.92 Å². The third kappa shape index (κ3) is 3.55. The lowest BCUT2D eigenvalue weighted by Crippen LogP contribution is -2.13. The maximum Gasteiger partial charge on any atom is 0.339 e. The Morgan fingerprint density at radius 1 is 1.48 bits per heavy atom. The molecule has 3 N–H and O–H groups in total. The summed E-state index contributed by atoms with van der Waals surface area (Å²) in [5.74, 6) is -0.807. The van der Waals surface area contributed by atoms with E-state index >= 15 is 0 Å². The van der Waals surface area contributed by atoms with Crippen LogP contribution in [0.3, 0.4) is 0 Å². The average molecular weight is 313 g/mol. The minimum Gasteiger partial charge on any atom is -0.483 e. The second-order valence-electron chi connectivity index (χ2n) is 4.03. The lowest BCUT2D eigenvalue weighted by molar-refractivity contribution is 0.0690. The number of rotatable bonds is 5. The Balaban J connectivity index is 2.28. The van der Waals surface area contributed by atoms with E-state index in [9.17, 15) is 13.2 Å². The van der Waals surface area contributed by atoms with Crippen molar-refractivity contribution in [3.8, 4) is 5.75 Å². The molecule has 0 saturated carbocycles. The van der Waals surface area contributed by atoms with Gasteiger partial charge in [-0.15, -0.1) is 0 Å². The molecule has 1 heterocycles. The van der Waals surface area contributed by atoms with Gasteiger partial charge in [-0.1, -0.05) is 5.16 Å². The van der Waals surface area contributed by atoms with Crippen molar-refractivity contribution in [2.24, 2.45) is 5.14 Å². The zero-order chi connectivity index (χ0) is 15.6. The monoisotopic (exact) mass is 313 g/mol. The molecule has 0 amide bonds. The van der Waals surface area contributed by atoms with Crippen LogP contribution in [0, 0.1) is 6.92 Å². The quantitative estimate of drug-likeness (QED) is 0.801. The molecule has 1 aromatic carbocycles. The first-order chi connectivity index (χ1) is 9.77. The molecule has 0 aliphatic heterocycles. The first-order valence-electron chi connectivity index (χ1n) is 5.59. The van der Waals surface area contributed by atoms with Gasteiger partial charge >= 0.3 is 5.97 Å². The van der Waals surface area contributed by atoms with E-state index in [0.29, 0.717) is 5.82 Å². The summed E-state index contributed by atoms with van der Waals surface area (Å²) < 4.78 is 32.5. The maximum absolute atomic E-state index is 11.2. The number of benzene rings is 1. The van der Waals surface area contributed by atoms with Crippen LogP contribution in [0.15, 0.2) is 27.6 Å². The third-order valence-corrected chi connectivity index (χ3v) is 3.34. The van der Waals surface area contributed by atoms with E-state index < -0.39 is 16.0 Å². The maximum atomic E-state index is 11.2. The van der Waals surface area contributed by atoms with Gasteiger partial charge in [0, 0.05) is 0 Å². The van der Waals surface area contributed by atoms with E-state index in [2.05, 4.69) is 10.1 Å². The van der Waals surface area contributed by atoms with E-state index in [1.165, 1.54) is 6.07 Å². The predicted molar refractivity (Wildman–Crippen MR) is 68.1 cm³/mol. The summed E-state index contributed by atoms with van der Waals surface area (Å²) in [5, 5.41) is 17.6. The summed E-state index contributed by atoms with van der Waals surface area (Å²) >= 11 is 0. The highest BCUT2D eigenvalue weighted by molar-refractivity contribution is 7.89. The molecule has 0 atom stereocenters. The standard InChI is InChI=1S/C11H11N3O6S/c1-6-13-10(20-14-6)5-19-9-3-2-7(21(12,17)18)4-8(9)11(15)16/h2-4H,5H2,1H3,(H,15,16)(H2,12,17,18). The van der Waals surface area contributed by atoms with Crippen LogP contribution in [-0.4, -0.2) is 29.6 Å². The summed E-state index contributed by atoms with van der Waals surface area (Å²) in [5.41, 5.74) is -0.335. The van der Waals surface area contributed by atoms with Gasteiger partial charge in [-0.25, -0.2) is 18.4 Å². The fourth-order valence-corrected chi connectivity index (χ4v) is 2.06. The molecule has 10 heteroatoms. The Morgan fingerprint density at radius 3 is 2.71 bits per heavy atom. The fourth-order valence-electron chi connectivity index (χ4n) is 1.52. The highest BCUT2D eigenvalue weighted by Crippen LogP contribution is 2.23. The summed E-state index contributed by atoms with van der Waals surface area (Å²) in [6, 6.07) is 3.27. The zero-order valence-electron chi connectivity index (χ0n) is 10.8. The summed E-state index contributed by atoms with van der Waals surface area (Å²) in [7, 11) is -4.00. The molecular weight excluding hydrogens is 302 g/mol. The number of nitrogens with zero attached hydrogens (tertiary/aromatic N) is 2. The van der Waals surface area contributed by atoms with Gasteiger partial charge in [0.1, 0.15) is 11.3 Å². The molecule has 0 spiro atoms. The molecule has 21 heavy (non-hydrogen) atoms. The van der Waals surface area contributed by atoms with Crippen molar-refractivity contribution in [2.45, 2.75) is 18.4 Å². The zero-order valence-corrected chi connectivity index (χ0v) is 11.6. The number of ether oxygens (including phenoxy) is 1. The minimum atomic E-state index is -4.00. The summed E-state index contributed by atoms with van der Waals surface area (Å²) in [4.78, 5) is 14.7. The number of sulfonamides is 1. The Kier molecular flexibility index (Phi) is 3.91. The number of nitrogens with two attached hydrogens (primary N) is 1. The highest BCUT2D eigenvalue weighted by Gasteiger charge is 2.17. The Hall–Kier alpha value is -2.46. The lowest BCUT2D eigenvalue weighted by atomic mass is 10.2. The topological polar surface area (TPSA) is 146 Å². The lowest BCUT2D eigenvalue weighted by Gasteiger charge is -2.08. The van der Waals surface area contributed by atoms with E-state index in [1.807, 2.05) is 0 Å². The molecule has 112 valence electrons. The predicted octanol–water partition coefficient (Wildman–Crippen LogP) is 0.303. The number of aromatic nitrogens is 2. The Morgan fingerprint density at radius 2 is 2.19 bits per heavy atom. The SMILES string of the molecule is Cc1noc(COc2ccc(S(N)(=O)=O)cc2C(=O)O)n1. The molecule has 1 aromatic heterocycles. The van der Waals surface area contributed by atoms with Crippen molar-refractivity contribution in [1.29, 1.82) is 0 Å². The van der Waals surface area contributed by atoms with E-state index in [0.717, 1.165) is 12.1 Å². The number of aryl methyl sites for hydroxylation is 1. The molecule has 0 bridgehead atoms. The second-order valence-corrected chi connectivity index (χ2v) is 5.59.